The number of thioether (sulfide) groups is 1. The van der Waals surface area contributed by atoms with Crippen LogP contribution in [0, 0.1) is 0 Å². The highest BCUT2D eigenvalue weighted by molar-refractivity contribution is 7.98. The normalized spacial score (nSPS) is 10.4. The maximum atomic E-state index is 12.4. The Hall–Kier alpha value is -1.69. The summed E-state index contributed by atoms with van der Waals surface area (Å²) >= 11 is 7.66. The molecule has 0 heterocycles. The van der Waals surface area contributed by atoms with Crippen LogP contribution in [0.4, 0.5) is 0 Å². The molecule has 3 N–H and O–H groups in total. The molecule has 2 aromatic rings. The molecular formula is C17H19ClN2O2S. The van der Waals surface area contributed by atoms with Crippen molar-refractivity contribution in [3.8, 4) is 5.75 Å². The van der Waals surface area contributed by atoms with Crippen LogP contribution in [0.25, 0.3) is 0 Å². The first-order valence-electron chi connectivity index (χ1n) is 7.17. The van der Waals surface area contributed by atoms with E-state index in [1.165, 1.54) is 4.90 Å². The Labute approximate surface area is 145 Å². The maximum absolute atomic E-state index is 12.4. The number of hydrogen-bond donors (Lipinski definition) is 2. The third kappa shape index (κ3) is 5.16. The van der Waals surface area contributed by atoms with E-state index in [4.69, 9.17) is 22.1 Å². The summed E-state index contributed by atoms with van der Waals surface area (Å²) in [5.41, 5.74) is 6.88. The van der Waals surface area contributed by atoms with Crippen LogP contribution < -0.4 is 15.8 Å². The van der Waals surface area contributed by atoms with E-state index in [0.717, 1.165) is 5.56 Å². The molecule has 0 atom stereocenters. The molecular weight excluding hydrogens is 332 g/mol. The Bertz CT molecular complexity index is 662. The largest absolute Gasteiger partial charge is 0.491 e. The van der Waals surface area contributed by atoms with Crippen molar-refractivity contribution in [2.45, 2.75) is 11.4 Å². The number of halogens is 1. The molecule has 0 saturated carbocycles. The second-order valence-electron chi connectivity index (χ2n) is 4.81. The van der Waals surface area contributed by atoms with Crippen LogP contribution >= 0.6 is 23.4 Å². The highest BCUT2D eigenvalue weighted by Crippen LogP contribution is 2.23. The van der Waals surface area contributed by atoms with E-state index in [1.54, 1.807) is 30.0 Å². The standard InChI is InChI=1S/C17H19ClN2O2S/c1-23-14-5-2-12(3-6-14)11-20-17(21)15-10-13(18)4-7-16(15)22-9-8-19/h2-7,10H,8-9,11,19H2,1H3,(H,20,21). The van der Waals surface area contributed by atoms with Gasteiger partial charge in [-0.25, -0.2) is 0 Å². The molecule has 0 saturated heterocycles. The summed E-state index contributed by atoms with van der Waals surface area (Å²) < 4.78 is 5.50. The summed E-state index contributed by atoms with van der Waals surface area (Å²) in [5.74, 6) is 0.253. The maximum Gasteiger partial charge on any atom is 0.255 e. The summed E-state index contributed by atoms with van der Waals surface area (Å²) in [4.78, 5) is 13.6. The van der Waals surface area contributed by atoms with Gasteiger partial charge in [0.25, 0.3) is 5.91 Å². The Balaban J connectivity index is 2.05. The van der Waals surface area contributed by atoms with Gasteiger partial charge in [-0.3, -0.25) is 4.79 Å². The molecule has 0 aromatic heterocycles. The van der Waals surface area contributed by atoms with E-state index in [1.807, 2.05) is 30.5 Å². The van der Waals surface area contributed by atoms with Crippen molar-refractivity contribution in [1.82, 2.24) is 5.32 Å². The number of amides is 1. The van der Waals surface area contributed by atoms with E-state index in [-0.39, 0.29) is 5.91 Å². The fourth-order valence-electron chi connectivity index (χ4n) is 2.00. The van der Waals surface area contributed by atoms with Gasteiger partial charge in [-0.15, -0.1) is 11.8 Å². The van der Waals surface area contributed by atoms with Gasteiger partial charge in [0.05, 0.1) is 5.56 Å². The van der Waals surface area contributed by atoms with E-state index < -0.39 is 0 Å². The zero-order valence-corrected chi connectivity index (χ0v) is 14.4. The van der Waals surface area contributed by atoms with Crippen LogP contribution in [-0.4, -0.2) is 25.3 Å². The fourth-order valence-corrected chi connectivity index (χ4v) is 2.58. The number of carbonyl (C=O) groups excluding carboxylic acids is 1. The molecule has 23 heavy (non-hydrogen) atoms. The highest BCUT2D eigenvalue weighted by Gasteiger charge is 2.13. The van der Waals surface area contributed by atoms with E-state index in [0.29, 0.717) is 36.0 Å². The molecule has 0 unspecified atom stereocenters. The molecule has 4 nitrogen and oxygen atoms in total. The lowest BCUT2D eigenvalue weighted by molar-refractivity contribution is 0.0947. The van der Waals surface area contributed by atoms with Crippen molar-refractivity contribution < 1.29 is 9.53 Å². The highest BCUT2D eigenvalue weighted by atomic mass is 35.5. The van der Waals surface area contributed by atoms with Crippen LogP contribution in [0.5, 0.6) is 5.75 Å². The van der Waals surface area contributed by atoms with Gasteiger partial charge in [-0.05, 0) is 42.2 Å². The van der Waals surface area contributed by atoms with Gasteiger partial charge in [0.15, 0.2) is 0 Å². The molecule has 6 heteroatoms. The van der Waals surface area contributed by atoms with Crippen molar-refractivity contribution in [3.05, 3.63) is 58.6 Å². The molecule has 0 aliphatic heterocycles. The topological polar surface area (TPSA) is 64.3 Å². The Morgan fingerprint density at radius 2 is 2.00 bits per heavy atom. The Morgan fingerprint density at radius 3 is 2.65 bits per heavy atom. The molecule has 2 rings (SSSR count). The molecule has 122 valence electrons. The number of rotatable bonds is 7. The van der Waals surface area contributed by atoms with Crippen molar-refractivity contribution in [2.75, 3.05) is 19.4 Å². The molecule has 0 radical (unpaired) electrons. The predicted octanol–water partition coefficient (Wildman–Crippen LogP) is 3.33. The third-order valence-corrected chi connectivity index (χ3v) is 4.15. The van der Waals surface area contributed by atoms with Crippen molar-refractivity contribution in [2.24, 2.45) is 5.73 Å². The lowest BCUT2D eigenvalue weighted by Gasteiger charge is -2.12. The number of benzene rings is 2. The minimum atomic E-state index is -0.228. The SMILES string of the molecule is CSc1ccc(CNC(=O)c2cc(Cl)ccc2OCCN)cc1. The minimum absolute atomic E-state index is 0.228. The van der Waals surface area contributed by atoms with E-state index in [9.17, 15) is 4.79 Å². The lowest BCUT2D eigenvalue weighted by atomic mass is 10.1. The number of nitrogens with one attached hydrogen (secondary N) is 1. The number of hydrogen-bond acceptors (Lipinski definition) is 4. The van der Waals surface area contributed by atoms with Crippen LogP contribution in [0.3, 0.4) is 0 Å². The number of nitrogens with two attached hydrogens (primary N) is 1. The summed E-state index contributed by atoms with van der Waals surface area (Å²) in [6.45, 7) is 1.17. The Kier molecular flexibility index (Phi) is 6.77. The van der Waals surface area contributed by atoms with Crippen LogP contribution in [0.15, 0.2) is 47.4 Å². The van der Waals surface area contributed by atoms with Gasteiger partial charge < -0.3 is 15.8 Å². The van der Waals surface area contributed by atoms with Crippen molar-refractivity contribution >= 4 is 29.3 Å². The summed E-state index contributed by atoms with van der Waals surface area (Å²) in [6.07, 6.45) is 2.03. The van der Waals surface area contributed by atoms with Gasteiger partial charge in [0, 0.05) is 23.0 Å². The summed E-state index contributed by atoms with van der Waals surface area (Å²) in [5, 5.41) is 3.37. The first-order chi connectivity index (χ1) is 11.1. The van der Waals surface area contributed by atoms with Crippen molar-refractivity contribution in [1.29, 1.82) is 0 Å². The second kappa shape index (κ2) is 8.82. The molecule has 0 aliphatic carbocycles. The zero-order chi connectivity index (χ0) is 16.7. The number of carbonyl (C=O) groups is 1. The molecule has 0 fully saturated rings. The minimum Gasteiger partial charge on any atom is -0.491 e. The Morgan fingerprint density at radius 1 is 1.26 bits per heavy atom. The smallest absolute Gasteiger partial charge is 0.255 e. The van der Waals surface area contributed by atoms with E-state index in [2.05, 4.69) is 5.32 Å². The van der Waals surface area contributed by atoms with Gasteiger partial charge >= 0.3 is 0 Å². The predicted molar refractivity (Wildman–Crippen MR) is 95.4 cm³/mol. The average molecular weight is 351 g/mol. The molecule has 0 bridgehead atoms. The zero-order valence-electron chi connectivity index (χ0n) is 12.8. The monoisotopic (exact) mass is 350 g/mol. The van der Waals surface area contributed by atoms with Crippen LogP contribution in [0.2, 0.25) is 5.02 Å². The van der Waals surface area contributed by atoms with Crippen LogP contribution in [-0.2, 0) is 6.54 Å². The molecule has 2 aromatic carbocycles. The summed E-state index contributed by atoms with van der Waals surface area (Å²) in [7, 11) is 0. The quantitative estimate of drug-likeness (QED) is 0.752. The van der Waals surface area contributed by atoms with Crippen molar-refractivity contribution in [3.63, 3.8) is 0 Å². The third-order valence-electron chi connectivity index (χ3n) is 3.17. The number of ether oxygens (including phenoxy) is 1. The van der Waals surface area contributed by atoms with Gasteiger partial charge in [0.1, 0.15) is 12.4 Å². The van der Waals surface area contributed by atoms with Gasteiger partial charge in [-0.2, -0.15) is 0 Å². The first-order valence-corrected chi connectivity index (χ1v) is 8.78. The van der Waals surface area contributed by atoms with Gasteiger partial charge in [-0.1, -0.05) is 23.7 Å². The van der Waals surface area contributed by atoms with Crippen LogP contribution in [0.1, 0.15) is 15.9 Å². The first kappa shape index (κ1) is 17.7. The average Bonchev–Trinajstić information content (AvgIpc) is 2.59. The molecule has 1 amide bonds. The van der Waals surface area contributed by atoms with E-state index >= 15 is 0 Å². The molecule has 0 spiro atoms. The fraction of sp³-hybridized carbons (Fsp3) is 0.235. The lowest BCUT2D eigenvalue weighted by Crippen LogP contribution is -2.24. The van der Waals surface area contributed by atoms with Gasteiger partial charge in [0.2, 0.25) is 0 Å². The second-order valence-corrected chi connectivity index (χ2v) is 6.12. The summed E-state index contributed by atoms with van der Waals surface area (Å²) in [6, 6.07) is 13.0. The molecule has 0 aliphatic rings.